The topological polar surface area (TPSA) is 36.4 Å². The largest absolute Gasteiger partial charge is 0.364 e. The summed E-state index contributed by atoms with van der Waals surface area (Å²) in [5.41, 5.74) is 4.91. The molecule has 0 unspecified atom stereocenters. The van der Waals surface area contributed by atoms with Gasteiger partial charge in [-0.2, -0.15) is 5.10 Å². The molecule has 4 heteroatoms. The predicted molar refractivity (Wildman–Crippen MR) is 73.4 cm³/mol. The summed E-state index contributed by atoms with van der Waals surface area (Å²) >= 11 is 4.88. The van der Waals surface area contributed by atoms with Crippen LogP contribution in [0.1, 0.15) is 12.5 Å². The van der Waals surface area contributed by atoms with Gasteiger partial charge in [-0.05, 0) is 30.3 Å². The number of nitrogens with one attached hydrogen (secondary N) is 2. The Morgan fingerprint density at radius 2 is 2.00 bits per heavy atom. The van der Waals surface area contributed by atoms with Crippen LogP contribution in [0.25, 0.3) is 6.08 Å². The van der Waals surface area contributed by atoms with Gasteiger partial charge in [0, 0.05) is 7.05 Å². The highest BCUT2D eigenvalue weighted by molar-refractivity contribution is 7.80. The van der Waals surface area contributed by atoms with Crippen LogP contribution >= 0.6 is 12.2 Å². The van der Waals surface area contributed by atoms with Crippen molar-refractivity contribution in [2.24, 2.45) is 5.10 Å². The first-order valence-corrected chi connectivity index (χ1v) is 5.37. The van der Waals surface area contributed by atoms with Gasteiger partial charge in [0.25, 0.3) is 0 Å². The van der Waals surface area contributed by atoms with Crippen LogP contribution in [-0.4, -0.2) is 18.4 Å². The van der Waals surface area contributed by atoms with Crippen LogP contribution < -0.4 is 10.7 Å². The van der Waals surface area contributed by atoms with Crippen LogP contribution in [0.5, 0.6) is 0 Å². The van der Waals surface area contributed by atoms with E-state index in [1.54, 1.807) is 13.3 Å². The second kappa shape index (κ2) is 6.74. The molecular formula is C12H15N3S. The molecule has 0 aliphatic heterocycles. The first-order valence-electron chi connectivity index (χ1n) is 4.96. The zero-order chi connectivity index (χ0) is 11.8. The molecule has 3 nitrogen and oxygen atoms in total. The third kappa shape index (κ3) is 4.70. The maximum atomic E-state index is 4.88. The summed E-state index contributed by atoms with van der Waals surface area (Å²) < 4.78 is 0. The quantitative estimate of drug-likeness (QED) is 0.477. The minimum absolute atomic E-state index is 0.503. The molecule has 0 spiro atoms. The van der Waals surface area contributed by atoms with E-state index in [4.69, 9.17) is 12.2 Å². The molecule has 1 aromatic rings. The van der Waals surface area contributed by atoms with Crippen LogP contribution in [0.2, 0.25) is 0 Å². The Labute approximate surface area is 101 Å². The molecule has 0 fully saturated rings. The Hall–Kier alpha value is -1.68. The van der Waals surface area contributed by atoms with Crippen molar-refractivity contribution in [3.05, 3.63) is 41.5 Å². The van der Waals surface area contributed by atoms with Crippen molar-refractivity contribution in [2.45, 2.75) is 6.92 Å². The number of thiocarbonyl (C=S) groups is 1. The summed E-state index contributed by atoms with van der Waals surface area (Å²) in [4.78, 5) is 0. The summed E-state index contributed by atoms with van der Waals surface area (Å²) in [5.74, 6) is 0. The van der Waals surface area contributed by atoms with Crippen molar-refractivity contribution < 1.29 is 0 Å². The Morgan fingerprint density at radius 1 is 1.31 bits per heavy atom. The first-order chi connectivity index (χ1) is 7.72. The molecule has 0 amide bonds. The molecule has 2 N–H and O–H groups in total. The summed E-state index contributed by atoms with van der Waals surface area (Å²) in [6.07, 6.45) is 3.78. The number of hydrazone groups is 1. The molecule has 16 heavy (non-hydrogen) atoms. The monoisotopic (exact) mass is 233 g/mol. The molecule has 0 radical (unpaired) electrons. The lowest BCUT2D eigenvalue weighted by atomic mass is 10.1. The maximum absolute atomic E-state index is 4.88. The Bertz CT molecular complexity index is 396. The summed E-state index contributed by atoms with van der Waals surface area (Å²) in [5, 5.41) is 7.27. The van der Waals surface area contributed by atoms with E-state index in [0.717, 1.165) is 11.1 Å². The van der Waals surface area contributed by atoms with Crippen molar-refractivity contribution in [3.63, 3.8) is 0 Å². The van der Waals surface area contributed by atoms with Gasteiger partial charge in [-0.25, -0.2) is 0 Å². The second-order valence-corrected chi connectivity index (χ2v) is 3.66. The average Bonchev–Trinajstić information content (AvgIpc) is 2.30. The van der Waals surface area contributed by atoms with Crippen LogP contribution in [0.4, 0.5) is 0 Å². The Morgan fingerprint density at radius 3 is 2.62 bits per heavy atom. The molecule has 0 atom stereocenters. The molecule has 0 saturated heterocycles. The van der Waals surface area contributed by atoms with E-state index in [9.17, 15) is 0 Å². The highest BCUT2D eigenvalue weighted by Crippen LogP contribution is 2.04. The third-order valence-electron chi connectivity index (χ3n) is 1.86. The first kappa shape index (κ1) is 12.4. The van der Waals surface area contributed by atoms with E-state index in [1.807, 2.05) is 43.3 Å². The van der Waals surface area contributed by atoms with Crippen LogP contribution in [0.15, 0.2) is 41.0 Å². The normalized spacial score (nSPS) is 11.5. The lowest BCUT2D eigenvalue weighted by molar-refractivity contribution is 0.981. The average molecular weight is 233 g/mol. The minimum atomic E-state index is 0.503. The van der Waals surface area contributed by atoms with Crippen molar-refractivity contribution in [3.8, 4) is 0 Å². The van der Waals surface area contributed by atoms with E-state index >= 15 is 0 Å². The van der Waals surface area contributed by atoms with Crippen LogP contribution in [0.3, 0.4) is 0 Å². The lowest BCUT2D eigenvalue weighted by Gasteiger charge is -1.99. The molecular weight excluding hydrogens is 218 g/mol. The van der Waals surface area contributed by atoms with E-state index in [2.05, 4.69) is 15.8 Å². The smallest absolute Gasteiger partial charge is 0.186 e. The number of allylic oxidation sites excluding steroid dienone is 1. The fraction of sp³-hybridized carbons (Fsp3) is 0.167. The van der Waals surface area contributed by atoms with E-state index in [-0.39, 0.29) is 0 Å². The van der Waals surface area contributed by atoms with Gasteiger partial charge >= 0.3 is 0 Å². The zero-order valence-electron chi connectivity index (χ0n) is 9.40. The van der Waals surface area contributed by atoms with Crippen molar-refractivity contribution in [2.75, 3.05) is 7.05 Å². The van der Waals surface area contributed by atoms with Crippen LogP contribution in [-0.2, 0) is 0 Å². The highest BCUT2D eigenvalue weighted by Gasteiger charge is 1.88. The summed E-state index contributed by atoms with van der Waals surface area (Å²) in [6, 6.07) is 10.1. The third-order valence-corrected chi connectivity index (χ3v) is 2.15. The summed E-state index contributed by atoms with van der Waals surface area (Å²) in [6.45, 7) is 1.99. The zero-order valence-corrected chi connectivity index (χ0v) is 10.2. The predicted octanol–water partition coefficient (Wildman–Crippen LogP) is 2.17. The minimum Gasteiger partial charge on any atom is -0.364 e. The van der Waals surface area contributed by atoms with Gasteiger partial charge in [0.1, 0.15) is 0 Å². The standard InChI is InChI=1S/C12H15N3S/c1-10(9-14-15-12(16)13-2)8-11-6-4-3-5-7-11/h3-9H,1-2H3,(H2,13,15,16). The SMILES string of the molecule is CNC(=S)NN=CC(C)=Cc1ccccc1. The maximum Gasteiger partial charge on any atom is 0.186 e. The van der Waals surface area contributed by atoms with E-state index in [0.29, 0.717) is 5.11 Å². The molecule has 0 heterocycles. The fourth-order valence-corrected chi connectivity index (χ4v) is 1.15. The number of hydrogen-bond acceptors (Lipinski definition) is 2. The van der Waals surface area contributed by atoms with Gasteiger partial charge in [-0.15, -0.1) is 0 Å². The molecule has 1 aromatic carbocycles. The van der Waals surface area contributed by atoms with Gasteiger partial charge in [-0.1, -0.05) is 36.4 Å². The molecule has 0 aliphatic carbocycles. The fourth-order valence-electron chi connectivity index (χ4n) is 1.10. The van der Waals surface area contributed by atoms with Gasteiger partial charge in [-0.3, -0.25) is 5.43 Å². The molecule has 0 aliphatic rings. The highest BCUT2D eigenvalue weighted by atomic mass is 32.1. The molecule has 0 aromatic heterocycles. The van der Waals surface area contributed by atoms with Crippen molar-refractivity contribution in [1.29, 1.82) is 0 Å². The van der Waals surface area contributed by atoms with Crippen molar-refractivity contribution >= 4 is 29.6 Å². The molecule has 0 bridgehead atoms. The van der Waals surface area contributed by atoms with Gasteiger partial charge in [0.2, 0.25) is 0 Å². The number of nitrogens with zero attached hydrogens (tertiary/aromatic N) is 1. The molecule has 1 rings (SSSR count). The Kier molecular flexibility index (Phi) is 5.22. The van der Waals surface area contributed by atoms with Gasteiger partial charge in [0.05, 0.1) is 6.21 Å². The van der Waals surface area contributed by atoms with Gasteiger partial charge in [0.15, 0.2) is 5.11 Å². The van der Waals surface area contributed by atoms with Gasteiger partial charge < -0.3 is 5.32 Å². The molecule has 0 saturated carbocycles. The summed E-state index contributed by atoms with van der Waals surface area (Å²) in [7, 11) is 1.75. The van der Waals surface area contributed by atoms with E-state index < -0.39 is 0 Å². The lowest BCUT2D eigenvalue weighted by Crippen LogP contribution is -2.28. The molecule has 84 valence electrons. The Balaban J connectivity index is 2.55. The van der Waals surface area contributed by atoms with Crippen LogP contribution in [0, 0.1) is 0 Å². The number of rotatable bonds is 3. The van der Waals surface area contributed by atoms with Crippen molar-refractivity contribution in [1.82, 2.24) is 10.7 Å². The number of benzene rings is 1. The van der Waals surface area contributed by atoms with E-state index in [1.165, 1.54) is 0 Å². The second-order valence-electron chi connectivity index (χ2n) is 3.25. The number of hydrogen-bond donors (Lipinski definition) is 2.